The topological polar surface area (TPSA) is 83.1 Å². The lowest BCUT2D eigenvalue weighted by atomic mass is 10.1. The molecule has 3 N–H and O–H groups in total. The Morgan fingerprint density at radius 3 is 2.17 bits per heavy atom. The van der Waals surface area contributed by atoms with Gasteiger partial charge in [-0.2, -0.15) is 0 Å². The fourth-order valence-electron chi connectivity index (χ4n) is 3.59. The molecule has 0 aliphatic heterocycles. The van der Waals surface area contributed by atoms with Crippen molar-refractivity contribution in [2.45, 2.75) is 32.7 Å². The van der Waals surface area contributed by atoms with E-state index in [0.29, 0.717) is 17.2 Å². The first kappa shape index (κ1) is 24.2. The molecule has 0 saturated carbocycles. The van der Waals surface area contributed by atoms with Crippen molar-refractivity contribution in [3.8, 4) is 11.3 Å². The molecule has 0 aliphatic rings. The molecule has 7 heteroatoms. The summed E-state index contributed by atoms with van der Waals surface area (Å²) in [7, 11) is 0. The Balaban J connectivity index is 1.50. The number of urea groups is 1. The predicted octanol–water partition coefficient (Wildman–Crippen LogP) is 6.25. The highest BCUT2D eigenvalue weighted by Crippen LogP contribution is 2.33. The maximum Gasteiger partial charge on any atom is 0.320 e. The number of anilines is 2. The SMILES string of the molecule is Cc1ccccc1NC(=O)NC(C)(C)C(=O)Nc1nc(-c2ccccc2)c(Cc2ccccc2)s1. The van der Waals surface area contributed by atoms with Crippen LogP contribution in [0.4, 0.5) is 15.6 Å². The van der Waals surface area contributed by atoms with Crippen LogP contribution in [0.3, 0.4) is 0 Å². The van der Waals surface area contributed by atoms with E-state index in [0.717, 1.165) is 21.7 Å². The maximum absolute atomic E-state index is 13.1. The smallest absolute Gasteiger partial charge is 0.320 e. The van der Waals surface area contributed by atoms with E-state index in [4.69, 9.17) is 4.98 Å². The Bertz CT molecular complexity index is 1320. The van der Waals surface area contributed by atoms with Gasteiger partial charge >= 0.3 is 6.03 Å². The van der Waals surface area contributed by atoms with Crippen molar-refractivity contribution in [1.82, 2.24) is 10.3 Å². The van der Waals surface area contributed by atoms with Crippen molar-refractivity contribution < 1.29 is 9.59 Å². The fraction of sp³-hybridized carbons (Fsp3) is 0.179. The lowest BCUT2D eigenvalue weighted by molar-refractivity contribution is -0.120. The number of thiazole rings is 1. The van der Waals surface area contributed by atoms with Crippen LogP contribution in [0, 0.1) is 6.92 Å². The molecule has 1 heterocycles. The third-order valence-corrected chi connectivity index (χ3v) is 6.53. The van der Waals surface area contributed by atoms with Gasteiger partial charge in [-0.25, -0.2) is 9.78 Å². The third-order valence-electron chi connectivity index (χ3n) is 5.56. The van der Waals surface area contributed by atoms with Gasteiger partial charge in [0, 0.05) is 22.5 Å². The molecule has 0 bridgehead atoms. The number of carbonyl (C=O) groups excluding carboxylic acids is 2. The van der Waals surface area contributed by atoms with Crippen LogP contribution in [-0.4, -0.2) is 22.5 Å². The van der Waals surface area contributed by atoms with Crippen LogP contribution in [-0.2, 0) is 11.2 Å². The van der Waals surface area contributed by atoms with Gasteiger partial charge in [0.15, 0.2) is 5.13 Å². The number of benzene rings is 3. The number of aryl methyl sites for hydroxylation is 1. The number of rotatable bonds is 7. The van der Waals surface area contributed by atoms with Gasteiger partial charge in [0.2, 0.25) is 0 Å². The Labute approximate surface area is 209 Å². The van der Waals surface area contributed by atoms with Gasteiger partial charge in [-0.1, -0.05) is 78.9 Å². The highest BCUT2D eigenvalue weighted by atomic mass is 32.1. The zero-order valence-electron chi connectivity index (χ0n) is 20.0. The van der Waals surface area contributed by atoms with Crippen LogP contribution in [0.15, 0.2) is 84.9 Å². The number of amides is 3. The number of hydrogen-bond donors (Lipinski definition) is 3. The van der Waals surface area contributed by atoms with E-state index in [1.54, 1.807) is 13.8 Å². The molecule has 0 saturated heterocycles. The summed E-state index contributed by atoms with van der Waals surface area (Å²) in [6, 6.07) is 27.1. The Kier molecular flexibility index (Phi) is 7.27. The summed E-state index contributed by atoms with van der Waals surface area (Å²) >= 11 is 1.45. The number of nitrogens with zero attached hydrogens (tertiary/aromatic N) is 1. The molecule has 3 amide bonds. The van der Waals surface area contributed by atoms with Crippen LogP contribution in [0.5, 0.6) is 0 Å². The van der Waals surface area contributed by atoms with Crippen molar-refractivity contribution in [2.24, 2.45) is 0 Å². The lowest BCUT2D eigenvalue weighted by Gasteiger charge is -2.24. The van der Waals surface area contributed by atoms with Crippen LogP contribution < -0.4 is 16.0 Å². The summed E-state index contributed by atoms with van der Waals surface area (Å²) in [5.41, 5.74) is 3.47. The largest absolute Gasteiger partial charge is 0.324 e. The van der Waals surface area contributed by atoms with E-state index in [9.17, 15) is 9.59 Å². The molecule has 6 nitrogen and oxygen atoms in total. The van der Waals surface area contributed by atoms with Crippen LogP contribution >= 0.6 is 11.3 Å². The standard InChI is InChI=1S/C28H28N4O2S/c1-19-12-10-11-17-22(19)29-26(34)32-28(2,3)25(33)31-27-30-24(21-15-8-5-9-16-21)23(35-27)18-20-13-6-4-7-14-20/h4-17H,18H2,1-3H3,(H2,29,32,34)(H,30,31,33). The van der Waals surface area contributed by atoms with Gasteiger partial charge in [-0.3, -0.25) is 10.1 Å². The average Bonchev–Trinajstić information content (AvgIpc) is 3.23. The second-order valence-electron chi connectivity index (χ2n) is 8.79. The van der Waals surface area contributed by atoms with Gasteiger partial charge in [0.1, 0.15) is 5.54 Å². The van der Waals surface area contributed by atoms with Gasteiger partial charge in [0.25, 0.3) is 5.91 Å². The monoisotopic (exact) mass is 484 g/mol. The molecule has 3 aromatic carbocycles. The molecular formula is C28H28N4O2S. The molecule has 35 heavy (non-hydrogen) atoms. The molecule has 0 spiro atoms. The fourth-order valence-corrected chi connectivity index (χ4v) is 4.60. The van der Waals surface area contributed by atoms with Gasteiger partial charge < -0.3 is 10.6 Å². The second kappa shape index (κ2) is 10.5. The molecule has 0 aliphatic carbocycles. The minimum absolute atomic E-state index is 0.350. The Hall–Kier alpha value is -3.97. The molecule has 1 aromatic heterocycles. The minimum Gasteiger partial charge on any atom is -0.324 e. The summed E-state index contributed by atoms with van der Waals surface area (Å²) in [5, 5.41) is 8.96. The van der Waals surface area contributed by atoms with Crippen molar-refractivity contribution >= 4 is 34.1 Å². The molecule has 0 fully saturated rings. The molecular weight excluding hydrogens is 456 g/mol. The molecule has 0 unspecified atom stereocenters. The molecule has 0 atom stereocenters. The van der Waals surface area contributed by atoms with Crippen LogP contribution in [0.25, 0.3) is 11.3 Å². The number of hydrogen-bond acceptors (Lipinski definition) is 4. The number of carbonyl (C=O) groups is 2. The van der Waals surface area contributed by atoms with Gasteiger partial charge in [0.05, 0.1) is 5.69 Å². The van der Waals surface area contributed by atoms with Gasteiger partial charge in [-0.05, 0) is 38.0 Å². The van der Waals surface area contributed by atoms with Crippen molar-refractivity contribution in [3.05, 3.63) is 101 Å². The number of nitrogens with one attached hydrogen (secondary N) is 3. The third kappa shape index (κ3) is 6.13. The van der Waals surface area contributed by atoms with E-state index < -0.39 is 11.6 Å². The zero-order valence-corrected chi connectivity index (χ0v) is 20.8. The maximum atomic E-state index is 13.1. The summed E-state index contributed by atoms with van der Waals surface area (Å²) in [6.45, 7) is 5.24. The van der Waals surface area contributed by atoms with Crippen molar-refractivity contribution in [2.75, 3.05) is 10.6 Å². The summed E-state index contributed by atoms with van der Waals surface area (Å²) in [5.74, 6) is -0.350. The first-order valence-corrected chi connectivity index (χ1v) is 12.2. The van der Waals surface area contributed by atoms with Crippen LogP contribution in [0.2, 0.25) is 0 Å². The van der Waals surface area contributed by atoms with Crippen molar-refractivity contribution in [3.63, 3.8) is 0 Å². The summed E-state index contributed by atoms with van der Waals surface area (Å²) in [6.07, 6.45) is 0.707. The van der Waals surface area contributed by atoms with E-state index in [1.807, 2.05) is 79.7 Å². The highest BCUT2D eigenvalue weighted by molar-refractivity contribution is 7.16. The number of para-hydroxylation sites is 1. The average molecular weight is 485 g/mol. The van der Waals surface area contributed by atoms with Crippen LogP contribution in [0.1, 0.15) is 29.9 Å². The zero-order chi connectivity index (χ0) is 24.8. The summed E-state index contributed by atoms with van der Waals surface area (Å²) < 4.78 is 0. The predicted molar refractivity (Wildman–Crippen MR) is 143 cm³/mol. The first-order chi connectivity index (χ1) is 16.8. The molecule has 178 valence electrons. The lowest BCUT2D eigenvalue weighted by Crippen LogP contribution is -2.53. The Morgan fingerprint density at radius 2 is 1.49 bits per heavy atom. The number of aromatic nitrogens is 1. The highest BCUT2D eigenvalue weighted by Gasteiger charge is 2.31. The molecule has 0 radical (unpaired) electrons. The first-order valence-electron chi connectivity index (χ1n) is 11.4. The second-order valence-corrected chi connectivity index (χ2v) is 9.88. The quantitative estimate of drug-likeness (QED) is 0.290. The van der Waals surface area contributed by atoms with E-state index in [-0.39, 0.29) is 5.91 Å². The van der Waals surface area contributed by atoms with E-state index in [1.165, 1.54) is 16.9 Å². The minimum atomic E-state index is -1.16. The normalized spacial score (nSPS) is 11.1. The van der Waals surface area contributed by atoms with Gasteiger partial charge in [-0.15, -0.1) is 11.3 Å². The van der Waals surface area contributed by atoms with Crippen molar-refractivity contribution in [1.29, 1.82) is 0 Å². The van der Waals surface area contributed by atoms with E-state index >= 15 is 0 Å². The Morgan fingerprint density at radius 1 is 0.857 bits per heavy atom. The molecule has 4 rings (SSSR count). The van der Waals surface area contributed by atoms with E-state index in [2.05, 4.69) is 28.1 Å². The summed E-state index contributed by atoms with van der Waals surface area (Å²) in [4.78, 5) is 31.5. The molecule has 4 aromatic rings.